The second-order valence-corrected chi connectivity index (χ2v) is 5.15. The lowest BCUT2D eigenvalue weighted by molar-refractivity contribution is -0.140. The molecule has 0 spiro atoms. The number of benzene rings is 1. The number of hydrogen-bond acceptors (Lipinski definition) is 5. The molecule has 0 atom stereocenters. The summed E-state index contributed by atoms with van der Waals surface area (Å²) in [7, 11) is 0. The number of carbonyl (C=O) groups excluding carboxylic acids is 3. The Hall–Kier alpha value is -2.88. The van der Waals surface area contributed by atoms with Crippen LogP contribution in [0.15, 0.2) is 24.3 Å². The molecule has 2 amide bonds. The highest BCUT2D eigenvalue weighted by Crippen LogP contribution is 2.06. The Morgan fingerprint density at radius 2 is 1.65 bits per heavy atom. The number of piperazine rings is 1. The molecule has 1 aromatic carbocycles. The first-order valence-corrected chi connectivity index (χ1v) is 7.22. The van der Waals surface area contributed by atoms with Gasteiger partial charge in [0.2, 0.25) is 5.91 Å². The van der Waals surface area contributed by atoms with Crippen LogP contribution < -0.4 is 0 Å². The second kappa shape index (κ2) is 7.40. The molecule has 7 heteroatoms. The third-order valence-electron chi connectivity index (χ3n) is 3.65. The van der Waals surface area contributed by atoms with Crippen LogP contribution in [0.2, 0.25) is 0 Å². The van der Waals surface area contributed by atoms with Gasteiger partial charge in [0.1, 0.15) is 0 Å². The first kappa shape index (κ1) is 16.5. The van der Waals surface area contributed by atoms with E-state index >= 15 is 0 Å². The van der Waals surface area contributed by atoms with Gasteiger partial charge < -0.3 is 14.5 Å². The van der Waals surface area contributed by atoms with E-state index < -0.39 is 5.97 Å². The molecule has 23 heavy (non-hydrogen) atoms. The molecule has 1 aromatic rings. The lowest BCUT2D eigenvalue weighted by Gasteiger charge is -2.34. The first-order chi connectivity index (χ1) is 11.0. The Labute approximate surface area is 134 Å². The summed E-state index contributed by atoms with van der Waals surface area (Å²) in [4.78, 5) is 38.3. The number of nitrogens with zero attached hydrogens (tertiary/aromatic N) is 3. The Morgan fingerprint density at radius 1 is 1.09 bits per heavy atom. The molecule has 0 aliphatic carbocycles. The van der Waals surface area contributed by atoms with Crippen molar-refractivity contribution in [3.8, 4) is 6.07 Å². The van der Waals surface area contributed by atoms with Crippen LogP contribution in [0.1, 0.15) is 22.8 Å². The SMILES string of the molecule is CC(=O)N1CCN(C(=O)COC(=O)c2ccc(C#N)cc2)CC1. The van der Waals surface area contributed by atoms with Crippen LogP contribution in [0, 0.1) is 11.3 Å². The number of carbonyl (C=O) groups is 3. The molecule has 2 rings (SSSR count). The van der Waals surface area contributed by atoms with Crippen LogP contribution in [0.4, 0.5) is 0 Å². The zero-order chi connectivity index (χ0) is 16.8. The van der Waals surface area contributed by atoms with Gasteiger partial charge >= 0.3 is 5.97 Å². The molecule has 0 unspecified atom stereocenters. The van der Waals surface area contributed by atoms with Crippen molar-refractivity contribution in [2.24, 2.45) is 0 Å². The van der Waals surface area contributed by atoms with Gasteiger partial charge in [0.05, 0.1) is 17.2 Å². The van der Waals surface area contributed by atoms with Crippen LogP contribution in [-0.2, 0) is 14.3 Å². The maximum Gasteiger partial charge on any atom is 0.338 e. The molecule has 1 fully saturated rings. The summed E-state index contributed by atoms with van der Waals surface area (Å²) in [5, 5.41) is 8.70. The van der Waals surface area contributed by atoms with E-state index in [1.165, 1.54) is 31.2 Å². The predicted molar refractivity (Wildman–Crippen MR) is 80.3 cm³/mol. The van der Waals surface area contributed by atoms with Crippen LogP contribution in [-0.4, -0.2) is 60.4 Å². The highest BCUT2D eigenvalue weighted by Gasteiger charge is 2.23. The fraction of sp³-hybridized carbons (Fsp3) is 0.375. The molecule has 0 radical (unpaired) electrons. The molecule has 1 heterocycles. The van der Waals surface area contributed by atoms with Gasteiger partial charge in [0, 0.05) is 33.1 Å². The standard InChI is InChI=1S/C16H17N3O4/c1-12(20)18-6-8-19(9-7-18)15(21)11-23-16(22)14-4-2-13(10-17)3-5-14/h2-5H,6-9,11H2,1H3. The number of nitriles is 1. The van der Waals surface area contributed by atoms with E-state index in [1.54, 1.807) is 9.80 Å². The Balaban J connectivity index is 1.81. The Kier molecular flexibility index (Phi) is 5.31. The van der Waals surface area contributed by atoms with E-state index in [4.69, 9.17) is 10.00 Å². The lowest BCUT2D eigenvalue weighted by atomic mass is 10.1. The minimum atomic E-state index is -0.606. The van der Waals surface area contributed by atoms with Crippen molar-refractivity contribution in [2.75, 3.05) is 32.8 Å². The van der Waals surface area contributed by atoms with Gasteiger partial charge in [-0.25, -0.2) is 4.79 Å². The first-order valence-electron chi connectivity index (χ1n) is 7.22. The molecule has 1 aliphatic heterocycles. The van der Waals surface area contributed by atoms with Crippen molar-refractivity contribution in [1.29, 1.82) is 5.26 Å². The molecule has 1 saturated heterocycles. The molecule has 0 saturated carbocycles. The van der Waals surface area contributed by atoms with Crippen molar-refractivity contribution in [3.63, 3.8) is 0 Å². The van der Waals surface area contributed by atoms with Crippen LogP contribution in [0.5, 0.6) is 0 Å². The van der Waals surface area contributed by atoms with E-state index in [9.17, 15) is 14.4 Å². The number of amides is 2. The molecule has 0 aromatic heterocycles. The number of rotatable bonds is 3. The van der Waals surface area contributed by atoms with Crippen molar-refractivity contribution in [2.45, 2.75) is 6.92 Å². The summed E-state index contributed by atoms with van der Waals surface area (Å²) in [5.41, 5.74) is 0.735. The molecule has 0 N–H and O–H groups in total. The molecule has 120 valence electrons. The maximum atomic E-state index is 12.0. The average molecular weight is 315 g/mol. The second-order valence-electron chi connectivity index (χ2n) is 5.15. The smallest absolute Gasteiger partial charge is 0.338 e. The number of esters is 1. The van der Waals surface area contributed by atoms with E-state index in [0.29, 0.717) is 31.7 Å². The Morgan fingerprint density at radius 3 is 2.17 bits per heavy atom. The largest absolute Gasteiger partial charge is 0.452 e. The minimum absolute atomic E-state index is 0.00987. The van der Waals surface area contributed by atoms with Gasteiger partial charge in [-0.3, -0.25) is 9.59 Å². The fourth-order valence-corrected chi connectivity index (χ4v) is 2.25. The van der Waals surface area contributed by atoms with Crippen molar-refractivity contribution in [1.82, 2.24) is 9.80 Å². The predicted octanol–water partition coefficient (Wildman–Crippen LogP) is 0.406. The summed E-state index contributed by atoms with van der Waals surface area (Å²) in [6.45, 7) is 3.02. The number of hydrogen-bond donors (Lipinski definition) is 0. The van der Waals surface area contributed by atoms with E-state index in [-0.39, 0.29) is 24.0 Å². The summed E-state index contributed by atoms with van der Waals surface area (Å²) in [6.07, 6.45) is 0. The van der Waals surface area contributed by atoms with Gasteiger partial charge in [0.25, 0.3) is 5.91 Å². The average Bonchev–Trinajstić information content (AvgIpc) is 2.59. The summed E-state index contributed by atoms with van der Waals surface area (Å²) < 4.78 is 5.00. The van der Waals surface area contributed by atoms with Gasteiger partial charge in [-0.15, -0.1) is 0 Å². The quantitative estimate of drug-likeness (QED) is 0.753. The topological polar surface area (TPSA) is 90.7 Å². The zero-order valence-corrected chi connectivity index (χ0v) is 12.8. The third-order valence-corrected chi connectivity index (χ3v) is 3.65. The van der Waals surface area contributed by atoms with Gasteiger partial charge in [-0.2, -0.15) is 5.26 Å². The maximum absolute atomic E-state index is 12.0. The lowest BCUT2D eigenvalue weighted by Crippen LogP contribution is -2.51. The zero-order valence-electron chi connectivity index (χ0n) is 12.8. The minimum Gasteiger partial charge on any atom is -0.452 e. The highest BCUT2D eigenvalue weighted by atomic mass is 16.5. The molecule has 0 bridgehead atoms. The molecular weight excluding hydrogens is 298 g/mol. The fourth-order valence-electron chi connectivity index (χ4n) is 2.25. The molecular formula is C16H17N3O4. The van der Waals surface area contributed by atoms with Crippen LogP contribution in [0.3, 0.4) is 0 Å². The van der Waals surface area contributed by atoms with E-state index in [2.05, 4.69) is 0 Å². The van der Waals surface area contributed by atoms with Gasteiger partial charge in [-0.1, -0.05) is 0 Å². The Bertz CT molecular complexity index is 640. The summed E-state index contributed by atoms with van der Waals surface area (Å²) >= 11 is 0. The van der Waals surface area contributed by atoms with Crippen LogP contribution in [0.25, 0.3) is 0 Å². The number of ether oxygens (including phenoxy) is 1. The summed E-state index contributed by atoms with van der Waals surface area (Å²) in [6, 6.07) is 7.95. The van der Waals surface area contributed by atoms with Crippen LogP contribution >= 0.6 is 0 Å². The van der Waals surface area contributed by atoms with Crippen molar-refractivity contribution < 1.29 is 19.1 Å². The highest BCUT2D eigenvalue weighted by molar-refractivity contribution is 5.91. The molecule has 7 nitrogen and oxygen atoms in total. The molecule has 1 aliphatic rings. The van der Waals surface area contributed by atoms with Crippen molar-refractivity contribution >= 4 is 17.8 Å². The van der Waals surface area contributed by atoms with E-state index in [0.717, 1.165) is 0 Å². The van der Waals surface area contributed by atoms with E-state index in [1.807, 2.05) is 6.07 Å². The van der Waals surface area contributed by atoms with Gasteiger partial charge in [-0.05, 0) is 24.3 Å². The monoisotopic (exact) mass is 315 g/mol. The van der Waals surface area contributed by atoms with Gasteiger partial charge in [0.15, 0.2) is 6.61 Å². The van der Waals surface area contributed by atoms with Crippen molar-refractivity contribution in [3.05, 3.63) is 35.4 Å². The normalized spacial score (nSPS) is 14.1. The summed E-state index contributed by atoms with van der Waals surface area (Å²) in [5.74, 6) is -0.898. The third kappa shape index (κ3) is 4.30.